The number of nitrogen functional groups attached to an aromatic ring is 1. The Morgan fingerprint density at radius 2 is 2.06 bits per heavy atom. The number of hydrogen-bond acceptors (Lipinski definition) is 3. The highest BCUT2D eigenvalue weighted by atomic mass is 15.2. The number of fused-ring (bicyclic) bond motifs is 1. The molecule has 3 heteroatoms. The first-order valence-corrected chi connectivity index (χ1v) is 6.48. The van der Waals surface area contributed by atoms with Crippen LogP contribution in [0.25, 0.3) is 10.9 Å². The molecule has 96 valence electrons. The van der Waals surface area contributed by atoms with Gasteiger partial charge in [-0.05, 0) is 37.0 Å². The SMILES string of the molecule is CCc1ccc2nc(C)c(C(C)C)c(NN)c2c1. The van der Waals surface area contributed by atoms with E-state index in [0.29, 0.717) is 5.92 Å². The first-order chi connectivity index (χ1) is 8.58. The van der Waals surface area contributed by atoms with E-state index in [9.17, 15) is 0 Å². The average molecular weight is 243 g/mol. The summed E-state index contributed by atoms with van der Waals surface area (Å²) in [5, 5.41) is 1.12. The zero-order valence-corrected chi connectivity index (χ0v) is 11.5. The van der Waals surface area contributed by atoms with Gasteiger partial charge < -0.3 is 5.43 Å². The fourth-order valence-corrected chi connectivity index (χ4v) is 2.53. The van der Waals surface area contributed by atoms with E-state index in [4.69, 9.17) is 5.84 Å². The summed E-state index contributed by atoms with van der Waals surface area (Å²) in [6, 6.07) is 6.39. The van der Waals surface area contributed by atoms with Crippen LogP contribution in [-0.4, -0.2) is 4.98 Å². The number of pyridine rings is 1. The van der Waals surface area contributed by atoms with Crippen LogP contribution in [0.5, 0.6) is 0 Å². The summed E-state index contributed by atoms with van der Waals surface area (Å²) in [6.07, 6.45) is 1.02. The molecule has 1 aromatic heterocycles. The maximum atomic E-state index is 5.74. The summed E-state index contributed by atoms with van der Waals surface area (Å²) in [5.41, 5.74) is 8.45. The first-order valence-electron chi connectivity index (χ1n) is 6.48. The highest BCUT2D eigenvalue weighted by molar-refractivity contribution is 5.94. The highest BCUT2D eigenvalue weighted by Gasteiger charge is 2.14. The molecule has 0 saturated heterocycles. The molecule has 2 aromatic rings. The number of benzene rings is 1. The van der Waals surface area contributed by atoms with Crippen molar-refractivity contribution in [3.63, 3.8) is 0 Å². The van der Waals surface area contributed by atoms with Crippen LogP contribution in [0.4, 0.5) is 5.69 Å². The van der Waals surface area contributed by atoms with Gasteiger partial charge in [-0.25, -0.2) is 0 Å². The summed E-state index contributed by atoms with van der Waals surface area (Å²) in [4.78, 5) is 4.69. The van der Waals surface area contributed by atoms with Gasteiger partial charge in [-0.15, -0.1) is 0 Å². The topological polar surface area (TPSA) is 50.9 Å². The van der Waals surface area contributed by atoms with Crippen molar-refractivity contribution in [2.24, 2.45) is 5.84 Å². The molecule has 0 aliphatic carbocycles. The Morgan fingerprint density at radius 3 is 2.61 bits per heavy atom. The second-order valence-corrected chi connectivity index (χ2v) is 4.99. The maximum Gasteiger partial charge on any atom is 0.0726 e. The molecule has 0 amide bonds. The third kappa shape index (κ3) is 2.06. The lowest BCUT2D eigenvalue weighted by molar-refractivity contribution is 0.848. The Labute approximate surface area is 108 Å². The van der Waals surface area contributed by atoms with Crippen molar-refractivity contribution in [1.82, 2.24) is 4.98 Å². The van der Waals surface area contributed by atoms with Crippen LogP contribution in [0, 0.1) is 6.92 Å². The minimum absolute atomic E-state index is 0.401. The number of hydrogen-bond donors (Lipinski definition) is 2. The number of aromatic nitrogens is 1. The van der Waals surface area contributed by atoms with E-state index in [1.54, 1.807) is 0 Å². The molecule has 0 spiro atoms. The molecular formula is C15H21N3. The Hall–Kier alpha value is -1.61. The smallest absolute Gasteiger partial charge is 0.0726 e. The molecule has 3 nitrogen and oxygen atoms in total. The Kier molecular flexibility index (Phi) is 3.53. The second-order valence-electron chi connectivity index (χ2n) is 4.99. The van der Waals surface area contributed by atoms with Gasteiger partial charge >= 0.3 is 0 Å². The fourth-order valence-electron chi connectivity index (χ4n) is 2.53. The molecule has 0 bridgehead atoms. The Morgan fingerprint density at radius 1 is 1.33 bits per heavy atom. The Bertz CT molecular complexity index is 573. The quantitative estimate of drug-likeness (QED) is 0.640. The summed E-state index contributed by atoms with van der Waals surface area (Å²) in [7, 11) is 0. The third-order valence-corrected chi connectivity index (χ3v) is 3.41. The number of hydrazine groups is 1. The van der Waals surface area contributed by atoms with Crippen molar-refractivity contribution in [2.45, 2.75) is 40.0 Å². The molecule has 2 rings (SSSR count). The van der Waals surface area contributed by atoms with Gasteiger partial charge in [-0.1, -0.05) is 26.8 Å². The predicted octanol–water partition coefficient (Wildman–Crippen LogP) is 3.51. The summed E-state index contributed by atoms with van der Waals surface area (Å²) in [6.45, 7) is 8.53. The van der Waals surface area contributed by atoms with E-state index in [-0.39, 0.29) is 0 Å². The lowest BCUT2D eigenvalue weighted by Crippen LogP contribution is -2.12. The standard InChI is InChI=1S/C15H21N3/c1-5-11-6-7-13-12(8-11)15(18-16)14(9(2)3)10(4)17-13/h6-9H,5,16H2,1-4H3,(H,17,18). The van der Waals surface area contributed by atoms with Crippen molar-refractivity contribution in [3.05, 3.63) is 35.0 Å². The third-order valence-electron chi connectivity index (χ3n) is 3.41. The van der Waals surface area contributed by atoms with Crippen LogP contribution < -0.4 is 11.3 Å². The second kappa shape index (κ2) is 4.94. The minimum Gasteiger partial charge on any atom is -0.323 e. The van der Waals surface area contributed by atoms with E-state index < -0.39 is 0 Å². The molecule has 0 atom stereocenters. The number of anilines is 1. The van der Waals surface area contributed by atoms with Crippen LogP contribution >= 0.6 is 0 Å². The van der Waals surface area contributed by atoms with E-state index in [1.165, 1.54) is 11.1 Å². The largest absolute Gasteiger partial charge is 0.323 e. The molecule has 1 heterocycles. The van der Waals surface area contributed by atoms with E-state index in [2.05, 4.69) is 49.4 Å². The van der Waals surface area contributed by atoms with Crippen molar-refractivity contribution in [3.8, 4) is 0 Å². The molecule has 0 saturated carbocycles. The van der Waals surface area contributed by atoms with Crippen molar-refractivity contribution in [2.75, 3.05) is 5.43 Å². The van der Waals surface area contributed by atoms with Gasteiger partial charge in [-0.2, -0.15) is 0 Å². The average Bonchev–Trinajstić information content (AvgIpc) is 2.36. The normalized spacial score (nSPS) is 11.2. The van der Waals surface area contributed by atoms with Crippen LogP contribution in [-0.2, 0) is 6.42 Å². The molecule has 18 heavy (non-hydrogen) atoms. The van der Waals surface area contributed by atoms with E-state index >= 15 is 0 Å². The monoisotopic (exact) mass is 243 g/mol. The van der Waals surface area contributed by atoms with Gasteiger partial charge in [-0.3, -0.25) is 10.8 Å². The molecule has 0 fully saturated rings. The van der Waals surface area contributed by atoms with Gasteiger partial charge in [0, 0.05) is 16.6 Å². The van der Waals surface area contributed by atoms with Gasteiger partial charge in [0.05, 0.1) is 11.2 Å². The van der Waals surface area contributed by atoms with Crippen LogP contribution in [0.2, 0.25) is 0 Å². The number of nitrogens with one attached hydrogen (secondary N) is 1. The Balaban J connectivity index is 2.82. The van der Waals surface area contributed by atoms with Crippen LogP contribution in [0.3, 0.4) is 0 Å². The van der Waals surface area contributed by atoms with Gasteiger partial charge in [0.25, 0.3) is 0 Å². The zero-order chi connectivity index (χ0) is 13.3. The predicted molar refractivity (Wildman–Crippen MR) is 77.8 cm³/mol. The van der Waals surface area contributed by atoms with Crippen molar-refractivity contribution >= 4 is 16.6 Å². The number of rotatable bonds is 3. The number of nitrogens with zero attached hydrogens (tertiary/aromatic N) is 1. The van der Waals surface area contributed by atoms with Crippen molar-refractivity contribution in [1.29, 1.82) is 0 Å². The van der Waals surface area contributed by atoms with E-state index in [1.807, 2.05) is 6.92 Å². The summed E-state index contributed by atoms with van der Waals surface area (Å²) >= 11 is 0. The lowest BCUT2D eigenvalue weighted by atomic mass is 9.96. The zero-order valence-electron chi connectivity index (χ0n) is 11.5. The highest BCUT2D eigenvalue weighted by Crippen LogP contribution is 2.33. The molecule has 0 aliphatic heterocycles. The first kappa shape index (κ1) is 12.8. The van der Waals surface area contributed by atoms with Gasteiger partial charge in [0.1, 0.15) is 0 Å². The maximum absolute atomic E-state index is 5.74. The molecule has 0 radical (unpaired) electrons. The molecular weight excluding hydrogens is 222 g/mol. The van der Waals surface area contributed by atoms with Crippen molar-refractivity contribution < 1.29 is 0 Å². The minimum atomic E-state index is 0.401. The van der Waals surface area contributed by atoms with Crippen LogP contribution in [0.1, 0.15) is 43.5 Å². The molecule has 3 N–H and O–H groups in total. The number of nitrogens with two attached hydrogens (primary N) is 1. The van der Waals surface area contributed by atoms with Gasteiger partial charge in [0.2, 0.25) is 0 Å². The molecule has 0 aliphatic rings. The number of aryl methyl sites for hydroxylation is 2. The van der Waals surface area contributed by atoms with E-state index in [0.717, 1.165) is 28.7 Å². The van der Waals surface area contributed by atoms with Gasteiger partial charge in [0.15, 0.2) is 0 Å². The lowest BCUT2D eigenvalue weighted by Gasteiger charge is -2.18. The summed E-state index contributed by atoms with van der Waals surface area (Å²) < 4.78 is 0. The fraction of sp³-hybridized carbons (Fsp3) is 0.400. The molecule has 0 unspecified atom stereocenters. The summed E-state index contributed by atoms with van der Waals surface area (Å²) in [5.74, 6) is 6.14. The van der Waals surface area contributed by atoms with Crippen LogP contribution in [0.15, 0.2) is 18.2 Å². The molecule has 1 aromatic carbocycles.